The number of carbonyl (C=O) groups is 2. The molecule has 0 aliphatic heterocycles. The largest absolute Gasteiger partial charge is 0.368 e. The minimum absolute atomic E-state index is 0.463. The van der Waals surface area contributed by atoms with E-state index in [0.29, 0.717) is 0 Å². The van der Waals surface area contributed by atoms with E-state index in [0.717, 1.165) is 0 Å². The molecular weight excluding hydrogens is 160 g/mol. The molecular formula is C6H16N4O2. The van der Waals surface area contributed by atoms with Gasteiger partial charge in [0, 0.05) is 0 Å². The molecule has 0 aromatic heterocycles. The first-order valence-electron chi connectivity index (χ1n) is 3.38. The molecule has 1 unspecified atom stereocenters. The lowest BCUT2D eigenvalue weighted by Crippen LogP contribution is -2.32. The molecule has 0 aliphatic rings. The predicted octanol–water partition coefficient (Wildman–Crippen LogP) is -2.36. The summed E-state index contributed by atoms with van der Waals surface area (Å²) in [7, 11) is 0. The van der Waals surface area contributed by atoms with E-state index in [-0.39, 0.29) is 0 Å². The van der Waals surface area contributed by atoms with E-state index in [1.807, 2.05) is 0 Å². The van der Waals surface area contributed by atoms with Crippen LogP contribution in [0.15, 0.2) is 0 Å². The highest BCUT2D eigenvalue weighted by Gasteiger charge is 1.96. The van der Waals surface area contributed by atoms with Gasteiger partial charge in [0.1, 0.15) is 0 Å². The molecule has 0 saturated heterocycles. The standard InChI is InChI=1S/2C3H8N2O/c2*1-2(4)3(5)6/h2*2H,4H2,1H3,(H2,5,6)/t2-;/m1./s1. The van der Waals surface area contributed by atoms with Gasteiger partial charge in [0.05, 0.1) is 12.1 Å². The molecule has 0 fully saturated rings. The number of hydrogen-bond acceptors (Lipinski definition) is 4. The summed E-state index contributed by atoms with van der Waals surface area (Å²) in [4.78, 5) is 19.6. The van der Waals surface area contributed by atoms with E-state index >= 15 is 0 Å². The van der Waals surface area contributed by atoms with Crippen molar-refractivity contribution in [3.05, 3.63) is 0 Å². The van der Waals surface area contributed by atoms with Crippen LogP contribution in [-0.4, -0.2) is 23.9 Å². The zero-order valence-electron chi connectivity index (χ0n) is 7.28. The highest BCUT2D eigenvalue weighted by atomic mass is 16.1. The fourth-order valence-electron chi connectivity index (χ4n) is 0. The van der Waals surface area contributed by atoms with Gasteiger partial charge in [-0.15, -0.1) is 0 Å². The Kier molecular flexibility index (Phi) is 7.36. The van der Waals surface area contributed by atoms with Gasteiger partial charge in [0.25, 0.3) is 0 Å². The van der Waals surface area contributed by atoms with Gasteiger partial charge in [-0.1, -0.05) is 0 Å². The van der Waals surface area contributed by atoms with E-state index < -0.39 is 23.9 Å². The van der Waals surface area contributed by atoms with Crippen molar-refractivity contribution in [3.8, 4) is 0 Å². The average molecular weight is 176 g/mol. The number of primary amides is 2. The molecule has 0 saturated carbocycles. The molecule has 72 valence electrons. The molecule has 6 nitrogen and oxygen atoms in total. The number of carbonyl (C=O) groups excluding carboxylic acids is 2. The van der Waals surface area contributed by atoms with E-state index in [1.165, 1.54) is 0 Å². The van der Waals surface area contributed by atoms with Crippen LogP contribution >= 0.6 is 0 Å². The smallest absolute Gasteiger partial charge is 0.234 e. The Morgan fingerprint density at radius 1 is 0.917 bits per heavy atom. The molecule has 0 aromatic rings. The van der Waals surface area contributed by atoms with Crippen LogP contribution in [-0.2, 0) is 9.59 Å². The maximum Gasteiger partial charge on any atom is 0.234 e. The topological polar surface area (TPSA) is 138 Å². The lowest BCUT2D eigenvalue weighted by Gasteiger charge is -1.91. The second-order valence-electron chi connectivity index (χ2n) is 2.38. The van der Waals surface area contributed by atoms with Crippen molar-refractivity contribution in [2.45, 2.75) is 25.9 Å². The Labute approximate surface area is 71.3 Å². The molecule has 0 heterocycles. The third-order valence-electron chi connectivity index (χ3n) is 0.898. The molecule has 0 aromatic carbocycles. The van der Waals surface area contributed by atoms with Gasteiger partial charge in [-0.25, -0.2) is 0 Å². The second-order valence-corrected chi connectivity index (χ2v) is 2.38. The van der Waals surface area contributed by atoms with Crippen molar-refractivity contribution in [2.24, 2.45) is 22.9 Å². The molecule has 12 heavy (non-hydrogen) atoms. The average Bonchev–Trinajstić information content (AvgIpc) is 1.88. The number of amides is 2. The second kappa shape index (κ2) is 6.56. The lowest BCUT2D eigenvalue weighted by atomic mass is 10.4. The summed E-state index contributed by atoms with van der Waals surface area (Å²) in [5.41, 5.74) is 19.3. The Balaban J connectivity index is 0. The van der Waals surface area contributed by atoms with Gasteiger partial charge in [0.2, 0.25) is 11.8 Å². The van der Waals surface area contributed by atoms with Gasteiger partial charge in [0.15, 0.2) is 0 Å². The van der Waals surface area contributed by atoms with Crippen molar-refractivity contribution >= 4 is 11.8 Å². The summed E-state index contributed by atoms with van der Waals surface area (Å²) in [6, 6.07) is -1.02. The Morgan fingerprint density at radius 3 is 1.00 bits per heavy atom. The van der Waals surface area contributed by atoms with Crippen LogP contribution < -0.4 is 22.9 Å². The molecule has 2 amide bonds. The SMILES string of the molecule is CC(N)C(N)=O.C[C@@H](N)C(N)=O. The molecule has 0 radical (unpaired) electrons. The highest BCUT2D eigenvalue weighted by molar-refractivity contribution is 5.79. The first kappa shape index (κ1) is 13.4. The van der Waals surface area contributed by atoms with Gasteiger partial charge >= 0.3 is 0 Å². The van der Waals surface area contributed by atoms with E-state index in [9.17, 15) is 9.59 Å². The van der Waals surface area contributed by atoms with Crippen molar-refractivity contribution in [1.82, 2.24) is 0 Å². The summed E-state index contributed by atoms with van der Waals surface area (Å²) >= 11 is 0. The highest BCUT2D eigenvalue weighted by Crippen LogP contribution is 1.64. The molecule has 0 spiro atoms. The van der Waals surface area contributed by atoms with Crippen LogP contribution in [0.5, 0.6) is 0 Å². The summed E-state index contributed by atoms with van der Waals surface area (Å²) in [5, 5.41) is 0. The first-order valence-corrected chi connectivity index (χ1v) is 3.38. The third-order valence-corrected chi connectivity index (χ3v) is 0.898. The molecule has 0 aliphatic carbocycles. The zero-order chi connectivity index (χ0) is 10.3. The lowest BCUT2D eigenvalue weighted by molar-refractivity contribution is -0.119. The molecule has 0 rings (SSSR count). The molecule has 8 N–H and O–H groups in total. The first-order chi connectivity index (χ1) is 5.29. The van der Waals surface area contributed by atoms with Crippen LogP contribution in [0.3, 0.4) is 0 Å². The van der Waals surface area contributed by atoms with Crippen molar-refractivity contribution in [3.63, 3.8) is 0 Å². The van der Waals surface area contributed by atoms with Crippen molar-refractivity contribution < 1.29 is 9.59 Å². The Bertz CT molecular complexity index is 138. The fourth-order valence-corrected chi connectivity index (χ4v) is 0. The van der Waals surface area contributed by atoms with Crippen LogP contribution in [0.4, 0.5) is 0 Å². The molecule has 2 atom stereocenters. The third kappa shape index (κ3) is 11.6. The van der Waals surface area contributed by atoms with E-state index in [1.54, 1.807) is 13.8 Å². The Morgan fingerprint density at radius 2 is 1.00 bits per heavy atom. The zero-order valence-corrected chi connectivity index (χ0v) is 7.28. The normalized spacial score (nSPS) is 13.7. The molecule has 0 bridgehead atoms. The van der Waals surface area contributed by atoms with Crippen molar-refractivity contribution in [2.75, 3.05) is 0 Å². The van der Waals surface area contributed by atoms with E-state index in [4.69, 9.17) is 11.5 Å². The van der Waals surface area contributed by atoms with Crippen LogP contribution in [0, 0.1) is 0 Å². The summed E-state index contributed by atoms with van der Waals surface area (Å²) < 4.78 is 0. The monoisotopic (exact) mass is 176 g/mol. The molecule has 6 heteroatoms. The summed E-state index contributed by atoms with van der Waals surface area (Å²) in [6.07, 6.45) is 0. The van der Waals surface area contributed by atoms with Gasteiger partial charge in [-0.05, 0) is 13.8 Å². The Hall–Kier alpha value is -1.14. The predicted molar refractivity (Wildman–Crippen MR) is 45.7 cm³/mol. The van der Waals surface area contributed by atoms with Crippen LogP contribution in [0.1, 0.15) is 13.8 Å². The van der Waals surface area contributed by atoms with E-state index in [2.05, 4.69) is 11.5 Å². The maximum atomic E-state index is 9.80. The maximum absolute atomic E-state index is 9.80. The number of hydrogen-bond donors (Lipinski definition) is 4. The summed E-state index contributed by atoms with van der Waals surface area (Å²) in [5.74, 6) is -0.926. The fraction of sp³-hybridized carbons (Fsp3) is 0.667. The van der Waals surface area contributed by atoms with Crippen molar-refractivity contribution in [1.29, 1.82) is 0 Å². The van der Waals surface area contributed by atoms with Crippen LogP contribution in [0.25, 0.3) is 0 Å². The van der Waals surface area contributed by atoms with Gasteiger partial charge in [-0.2, -0.15) is 0 Å². The number of rotatable bonds is 2. The van der Waals surface area contributed by atoms with Gasteiger partial charge in [-0.3, -0.25) is 9.59 Å². The quantitative estimate of drug-likeness (QED) is 0.373. The van der Waals surface area contributed by atoms with Crippen LogP contribution in [0.2, 0.25) is 0 Å². The van der Waals surface area contributed by atoms with Gasteiger partial charge < -0.3 is 22.9 Å². The minimum atomic E-state index is -0.509. The minimum Gasteiger partial charge on any atom is -0.368 e. The number of nitrogens with two attached hydrogens (primary N) is 4. The summed E-state index contributed by atoms with van der Waals surface area (Å²) in [6.45, 7) is 3.09.